The van der Waals surface area contributed by atoms with Gasteiger partial charge in [-0.05, 0) is 0 Å². The van der Waals surface area contributed by atoms with E-state index >= 15 is 0 Å². The van der Waals surface area contributed by atoms with Crippen molar-refractivity contribution in [2.45, 2.75) is 0 Å². The fourth-order valence-electron chi connectivity index (χ4n) is 0. The number of hydrogen-bond acceptors (Lipinski definition) is 12. The van der Waals surface area contributed by atoms with Crippen molar-refractivity contribution in [2.75, 3.05) is 0 Å². The Morgan fingerprint density at radius 2 is 0.444 bits per heavy atom. The second kappa shape index (κ2) is 29.4. The van der Waals surface area contributed by atoms with Gasteiger partial charge in [0.15, 0.2) is 0 Å². The molecule has 0 bridgehead atoms. The van der Waals surface area contributed by atoms with E-state index in [1.165, 1.54) is 0 Å². The standard InChI is InChI=1S/Ga.Li.4NO3/c;;4*2-1(3)4/q+3;+1;4*-1. The molecule has 0 aliphatic carbocycles. The Balaban J connectivity index is -0.0000000257. The summed E-state index contributed by atoms with van der Waals surface area (Å²) in [6, 6.07) is 0. The summed E-state index contributed by atoms with van der Waals surface area (Å²) in [6.07, 6.45) is 0. The summed E-state index contributed by atoms with van der Waals surface area (Å²) < 4.78 is 0. The molecule has 0 saturated heterocycles. The van der Waals surface area contributed by atoms with E-state index in [0.29, 0.717) is 0 Å². The number of rotatable bonds is 0. The predicted molar refractivity (Wildman–Crippen MR) is 47.2 cm³/mol. The molecule has 0 unspecified atom stereocenters. The van der Waals surface area contributed by atoms with Gasteiger partial charge in [-0.1, -0.05) is 0 Å². The van der Waals surface area contributed by atoms with Gasteiger partial charge in [-0.3, -0.25) is 0 Å². The summed E-state index contributed by atoms with van der Waals surface area (Å²) in [4.78, 5) is 33.0. The van der Waals surface area contributed by atoms with E-state index in [0.717, 1.165) is 0 Å². The molecule has 0 spiro atoms. The second-order valence-electron chi connectivity index (χ2n) is 0.894. The van der Waals surface area contributed by atoms with Crippen LogP contribution in [0.15, 0.2) is 0 Å². The molecule has 0 aliphatic heterocycles. The zero-order valence-corrected chi connectivity index (χ0v) is 10.7. The van der Waals surface area contributed by atoms with Crippen LogP contribution >= 0.6 is 0 Å². The third-order valence-corrected chi connectivity index (χ3v) is 0. The molecule has 96 valence electrons. The summed E-state index contributed by atoms with van der Waals surface area (Å²) in [5.41, 5.74) is 0. The molecule has 0 atom stereocenters. The zero-order valence-electron chi connectivity index (χ0n) is 8.27. The van der Waals surface area contributed by atoms with Crippen LogP contribution in [0.25, 0.3) is 0 Å². The van der Waals surface area contributed by atoms with E-state index in [-0.39, 0.29) is 38.7 Å². The third-order valence-electron chi connectivity index (χ3n) is 0. The topological polar surface area (TPSA) is 265 Å². The maximum atomic E-state index is 8.25. The van der Waals surface area contributed by atoms with Gasteiger partial charge in [-0.2, -0.15) is 0 Å². The molecule has 0 amide bonds. The smallest absolute Gasteiger partial charge is 0.356 e. The predicted octanol–water partition coefficient (Wildman–Crippen LogP) is -4.33. The molecular formula is GaLiN4O12. The number of hydrogen-bond donors (Lipinski definition) is 0. The average molecular weight is 325 g/mol. The molecule has 0 N–H and O–H groups in total. The van der Waals surface area contributed by atoms with E-state index < -0.39 is 20.3 Å². The Morgan fingerprint density at radius 3 is 0.444 bits per heavy atom. The van der Waals surface area contributed by atoms with Crippen molar-refractivity contribution in [1.29, 1.82) is 0 Å². The van der Waals surface area contributed by atoms with Gasteiger partial charge in [-0.25, -0.2) is 0 Å². The van der Waals surface area contributed by atoms with Crippen LogP contribution in [0, 0.1) is 61.3 Å². The summed E-state index contributed by atoms with van der Waals surface area (Å²) in [7, 11) is 0. The maximum absolute atomic E-state index is 8.25. The van der Waals surface area contributed by atoms with Crippen LogP contribution in [0.5, 0.6) is 0 Å². The largest absolute Gasteiger partial charge is 3.00 e. The molecule has 0 heterocycles. The SMILES string of the molecule is O=[N+]([O-])[O-].O=[N+]([O-])[O-].O=[N+]([O-])[O-].O=[N+]([O-])[O-].[Ga+3].[Li+]. The summed E-state index contributed by atoms with van der Waals surface area (Å²) in [5, 5.41) is 59.0. The van der Waals surface area contributed by atoms with Crippen molar-refractivity contribution in [3.63, 3.8) is 0 Å². The molecule has 0 aromatic heterocycles. The van der Waals surface area contributed by atoms with E-state index in [4.69, 9.17) is 61.3 Å². The molecule has 0 rings (SSSR count). The van der Waals surface area contributed by atoms with E-state index in [1.807, 2.05) is 0 Å². The average Bonchev–Trinajstić information content (AvgIpc) is 1.76. The van der Waals surface area contributed by atoms with Crippen LogP contribution in [0.4, 0.5) is 0 Å². The van der Waals surface area contributed by atoms with Crippen LogP contribution in [0.3, 0.4) is 0 Å². The van der Waals surface area contributed by atoms with Crippen LogP contribution in [0.1, 0.15) is 0 Å². The Labute approximate surface area is 120 Å². The van der Waals surface area contributed by atoms with E-state index in [9.17, 15) is 0 Å². The quantitative estimate of drug-likeness (QED) is 0.232. The normalized spacial score (nSPS) is 5.33. The Kier molecular flexibility index (Phi) is 58.8. The van der Waals surface area contributed by atoms with Gasteiger partial charge in [-0.15, -0.1) is 0 Å². The van der Waals surface area contributed by atoms with Gasteiger partial charge in [0.1, 0.15) is 0 Å². The van der Waals surface area contributed by atoms with Gasteiger partial charge in [0.2, 0.25) is 0 Å². The first kappa shape index (κ1) is 36.0. The first-order valence-corrected chi connectivity index (χ1v) is 2.19. The first-order valence-electron chi connectivity index (χ1n) is 2.19. The summed E-state index contributed by atoms with van der Waals surface area (Å²) in [6.45, 7) is 0. The molecular weight excluding hydrogens is 325 g/mol. The fourth-order valence-corrected chi connectivity index (χ4v) is 0. The van der Waals surface area contributed by atoms with Crippen molar-refractivity contribution in [1.82, 2.24) is 0 Å². The van der Waals surface area contributed by atoms with E-state index in [1.54, 1.807) is 0 Å². The van der Waals surface area contributed by atoms with Gasteiger partial charge >= 0.3 is 38.7 Å². The van der Waals surface area contributed by atoms with Crippen molar-refractivity contribution < 1.29 is 39.2 Å². The zero-order chi connectivity index (χ0) is 14.3. The van der Waals surface area contributed by atoms with Crippen molar-refractivity contribution in [2.24, 2.45) is 0 Å². The van der Waals surface area contributed by atoms with Crippen molar-refractivity contribution in [3.05, 3.63) is 61.3 Å². The molecule has 0 aromatic carbocycles. The Hall–Kier alpha value is -1.97. The third kappa shape index (κ3) is 617. The van der Waals surface area contributed by atoms with E-state index in [2.05, 4.69) is 0 Å². The van der Waals surface area contributed by atoms with Crippen LogP contribution in [-0.2, 0) is 0 Å². The van der Waals surface area contributed by atoms with Gasteiger partial charge < -0.3 is 61.3 Å². The minimum Gasteiger partial charge on any atom is -0.356 e. The molecule has 0 fully saturated rings. The van der Waals surface area contributed by atoms with Crippen molar-refractivity contribution >= 4 is 19.8 Å². The molecule has 0 saturated carbocycles. The van der Waals surface area contributed by atoms with Gasteiger partial charge in [0.25, 0.3) is 0 Å². The summed E-state index contributed by atoms with van der Waals surface area (Å²) >= 11 is 0. The monoisotopic (exact) mass is 324 g/mol. The molecule has 0 aliphatic rings. The second-order valence-corrected chi connectivity index (χ2v) is 0.894. The Morgan fingerprint density at radius 1 is 0.444 bits per heavy atom. The minimum atomic E-state index is -1.75. The molecule has 18 heavy (non-hydrogen) atoms. The van der Waals surface area contributed by atoms with Gasteiger partial charge in [0.05, 0.1) is 20.3 Å². The van der Waals surface area contributed by atoms with Crippen LogP contribution in [-0.4, -0.2) is 40.1 Å². The molecule has 0 aromatic rings. The molecule has 0 radical (unpaired) electrons. The van der Waals surface area contributed by atoms with Crippen LogP contribution in [0.2, 0.25) is 0 Å². The van der Waals surface area contributed by atoms with Gasteiger partial charge in [0, 0.05) is 0 Å². The summed E-state index contributed by atoms with van der Waals surface area (Å²) in [5.74, 6) is 0. The number of nitrogens with zero attached hydrogens (tertiary/aromatic N) is 4. The molecule has 16 nitrogen and oxygen atoms in total. The first-order chi connectivity index (χ1) is 6.93. The Bertz CT molecular complexity index is 164. The van der Waals surface area contributed by atoms with Crippen molar-refractivity contribution in [3.8, 4) is 0 Å². The maximum Gasteiger partial charge on any atom is 3.00 e. The fraction of sp³-hybridized carbons (Fsp3) is 0. The molecule has 18 heteroatoms. The van der Waals surface area contributed by atoms with Crippen LogP contribution < -0.4 is 18.9 Å². The minimum absolute atomic E-state index is 0.